The van der Waals surface area contributed by atoms with Gasteiger partial charge in [0.2, 0.25) is 5.91 Å². The van der Waals surface area contributed by atoms with Gasteiger partial charge in [0.05, 0.1) is 23.3 Å². The summed E-state index contributed by atoms with van der Waals surface area (Å²) in [6.07, 6.45) is 0. The lowest BCUT2D eigenvalue weighted by Gasteiger charge is -2.10. The van der Waals surface area contributed by atoms with Crippen LogP contribution in [0, 0.1) is 5.82 Å². The zero-order chi connectivity index (χ0) is 15.4. The number of aromatic nitrogens is 1. The van der Waals surface area contributed by atoms with E-state index in [1.807, 2.05) is 12.3 Å². The van der Waals surface area contributed by atoms with Crippen LogP contribution in [0.1, 0.15) is 18.0 Å². The number of benzene rings is 1. The van der Waals surface area contributed by atoms with E-state index < -0.39 is 5.82 Å². The molecule has 1 aromatic heterocycles. The van der Waals surface area contributed by atoms with Crippen molar-refractivity contribution in [2.24, 2.45) is 0 Å². The number of hydrogen-bond donors (Lipinski definition) is 2. The van der Waals surface area contributed by atoms with Crippen molar-refractivity contribution in [2.45, 2.75) is 13.0 Å². The normalized spacial score (nSPS) is 12.2. The molecular weight excluding hydrogens is 313 g/mol. The quantitative estimate of drug-likeness (QED) is 0.887. The van der Waals surface area contributed by atoms with Crippen LogP contribution < -0.4 is 10.6 Å². The third kappa shape index (κ3) is 4.00. The molecule has 0 unspecified atom stereocenters. The van der Waals surface area contributed by atoms with Crippen molar-refractivity contribution >= 4 is 28.8 Å². The van der Waals surface area contributed by atoms with Crippen molar-refractivity contribution in [1.29, 1.82) is 0 Å². The highest BCUT2D eigenvalue weighted by atomic mass is 35.5. The second kappa shape index (κ2) is 6.98. The maximum atomic E-state index is 13.2. The van der Waals surface area contributed by atoms with E-state index in [0.29, 0.717) is 5.69 Å². The van der Waals surface area contributed by atoms with Gasteiger partial charge >= 0.3 is 0 Å². The highest BCUT2D eigenvalue weighted by molar-refractivity contribution is 7.10. The van der Waals surface area contributed by atoms with Crippen LogP contribution >= 0.6 is 22.9 Å². The van der Waals surface area contributed by atoms with E-state index in [-0.39, 0.29) is 23.5 Å². The zero-order valence-electron chi connectivity index (χ0n) is 11.6. The van der Waals surface area contributed by atoms with Crippen LogP contribution in [0.3, 0.4) is 0 Å². The summed E-state index contributed by atoms with van der Waals surface area (Å²) in [5.41, 5.74) is 1.46. The monoisotopic (exact) mass is 327 g/mol. The Morgan fingerprint density at radius 1 is 1.52 bits per heavy atom. The minimum absolute atomic E-state index is 0.0671. The van der Waals surface area contributed by atoms with Gasteiger partial charge in [-0.05, 0) is 32.2 Å². The molecule has 1 atom stereocenters. The molecule has 0 bridgehead atoms. The third-order valence-electron chi connectivity index (χ3n) is 2.82. The maximum Gasteiger partial charge on any atom is 0.234 e. The highest BCUT2D eigenvalue weighted by Gasteiger charge is 2.14. The molecule has 0 saturated heterocycles. The summed E-state index contributed by atoms with van der Waals surface area (Å²) >= 11 is 7.21. The molecule has 0 fully saturated rings. The summed E-state index contributed by atoms with van der Waals surface area (Å²) in [4.78, 5) is 16.0. The first-order valence-corrected chi connectivity index (χ1v) is 7.62. The van der Waals surface area contributed by atoms with E-state index in [2.05, 4.69) is 15.6 Å². The molecular formula is C14H15ClFN3OS. The number of thiazole rings is 1. The van der Waals surface area contributed by atoms with Crippen LogP contribution in [-0.4, -0.2) is 24.5 Å². The van der Waals surface area contributed by atoms with Crippen LogP contribution in [-0.2, 0) is 4.79 Å². The smallest absolute Gasteiger partial charge is 0.234 e. The van der Waals surface area contributed by atoms with Gasteiger partial charge in [0.25, 0.3) is 0 Å². The Bertz CT molecular complexity index is 647. The summed E-state index contributed by atoms with van der Waals surface area (Å²) in [5.74, 6) is -0.546. The predicted octanol–water partition coefficient (Wildman–Crippen LogP) is 3.00. The fraction of sp³-hybridized carbons (Fsp3) is 0.286. The SMILES string of the molecule is CNCC(=O)N[C@@H](C)c1nc(-c2ccc(F)c(Cl)c2)cs1. The standard InChI is InChI=1S/C14H15ClFN3OS/c1-8(18-13(20)6-17-2)14-19-12(7-21-14)9-3-4-11(16)10(15)5-9/h3-5,7-8,17H,6H2,1-2H3,(H,18,20)/t8-/m0/s1. The number of carbonyl (C=O) groups is 1. The van der Waals surface area contributed by atoms with Gasteiger partial charge in [0.15, 0.2) is 0 Å². The summed E-state index contributed by atoms with van der Waals surface area (Å²) in [6, 6.07) is 4.31. The molecule has 1 amide bonds. The minimum atomic E-state index is -0.455. The fourth-order valence-electron chi connectivity index (χ4n) is 1.79. The van der Waals surface area contributed by atoms with E-state index in [1.54, 1.807) is 19.2 Å². The van der Waals surface area contributed by atoms with E-state index >= 15 is 0 Å². The van der Waals surface area contributed by atoms with Crippen LogP contribution in [0.2, 0.25) is 5.02 Å². The number of nitrogens with zero attached hydrogens (tertiary/aromatic N) is 1. The number of carbonyl (C=O) groups excluding carboxylic acids is 1. The Morgan fingerprint density at radius 3 is 2.95 bits per heavy atom. The molecule has 112 valence electrons. The average molecular weight is 328 g/mol. The van der Waals surface area contributed by atoms with Gasteiger partial charge in [-0.25, -0.2) is 9.37 Å². The van der Waals surface area contributed by atoms with Gasteiger partial charge in [-0.15, -0.1) is 11.3 Å². The van der Waals surface area contributed by atoms with E-state index in [9.17, 15) is 9.18 Å². The molecule has 21 heavy (non-hydrogen) atoms. The molecule has 1 aromatic carbocycles. The summed E-state index contributed by atoms with van der Waals surface area (Å²) in [6.45, 7) is 2.13. The fourth-order valence-corrected chi connectivity index (χ4v) is 2.81. The number of likely N-dealkylation sites (N-methyl/N-ethyl adjacent to an activating group) is 1. The first kappa shape index (κ1) is 15.9. The topological polar surface area (TPSA) is 54.0 Å². The lowest BCUT2D eigenvalue weighted by atomic mass is 10.2. The average Bonchev–Trinajstić information content (AvgIpc) is 2.92. The number of hydrogen-bond acceptors (Lipinski definition) is 4. The van der Waals surface area contributed by atoms with Crippen molar-refractivity contribution < 1.29 is 9.18 Å². The molecule has 7 heteroatoms. The maximum absolute atomic E-state index is 13.2. The molecule has 0 saturated carbocycles. The van der Waals surface area contributed by atoms with Gasteiger partial charge in [0.1, 0.15) is 10.8 Å². The Kier molecular flexibility index (Phi) is 5.27. The van der Waals surface area contributed by atoms with Crippen molar-refractivity contribution in [3.05, 3.63) is 39.4 Å². The van der Waals surface area contributed by atoms with Crippen molar-refractivity contribution in [2.75, 3.05) is 13.6 Å². The number of nitrogens with one attached hydrogen (secondary N) is 2. The summed E-state index contributed by atoms with van der Waals surface area (Å²) in [5, 5.41) is 8.35. The van der Waals surface area contributed by atoms with Gasteiger partial charge in [-0.1, -0.05) is 11.6 Å². The molecule has 2 aromatic rings. The second-order valence-electron chi connectivity index (χ2n) is 4.52. The molecule has 2 N–H and O–H groups in total. The Morgan fingerprint density at radius 2 is 2.29 bits per heavy atom. The first-order chi connectivity index (χ1) is 10.0. The summed E-state index contributed by atoms with van der Waals surface area (Å²) in [7, 11) is 1.71. The van der Waals surface area contributed by atoms with Crippen molar-refractivity contribution in [3.63, 3.8) is 0 Å². The van der Waals surface area contributed by atoms with Gasteiger partial charge in [-0.2, -0.15) is 0 Å². The van der Waals surface area contributed by atoms with E-state index in [4.69, 9.17) is 11.6 Å². The van der Waals surface area contributed by atoms with Gasteiger partial charge < -0.3 is 10.6 Å². The zero-order valence-corrected chi connectivity index (χ0v) is 13.2. The third-order valence-corrected chi connectivity index (χ3v) is 4.14. The Labute approximate surface area is 131 Å². The van der Waals surface area contributed by atoms with Crippen molar-refractivity contribution in [3.8, 4) is 11.3 Å². The molecule has 0 spiro atoms. The number of rotatable bonds is 5. The highest BCUT2D eigenvalue weighted by Crippen LogP contribution is 2.28. The lowest BCUT2D eigenvalue weighted by molar-refractivity contribution is -0.120. The molecule has 1 heterocycles. The first-order valence-electron chi connectivity index (χ1n) is 6.36. The Balaban J connectivity index is 2.13. The number of amides is 1. The predicted molar refractivity (Wildman–Crippen MR) is 83.0 cm³/mol. The molecule has 2 rings (SSSR count). The van der Waals surface area contributed by atoms with Crippen molar-refractivity contribution in [1.82, 2.24) is 15.6 Å². The van der Waals surface area contributed by atoms with Gasteiger partial charge in [-0.3, -0.25) is 4.79 Å². The minimum Gasteiger partial charge on any atom is -0.346 e. The van der Waals surface area contributed by atoms with Crippen LogP contribution in [0.4, 0.5) is 4.39 Å². The molecule has 0 aliphatic heterocycles. The molecule has 4 nitrogen and oxygen atoms in total. The Hall–Kier alpha value is -1.50. The van der Waals surface area contributed by atoms with Gasteiger partial charge in [0, 0.05) is 10.9 Å². The largest absolute Gasteiger partial charge is 0.346 e. The second-order valence-corrected chi connectivity index (χ2v) is 5.82. The summed E-state index contributed by atoms with van der Waals surface area (Å²) < 4.78 is 13.2. The molecule has 0 radical (unpaired) electrons. The lowest BCUT2D eigenvalue weighted by Crippen LogP contribution is -2.33. The molecule has 0 aliphatic rings. The molecule has 0 aliphatic carbocycles. The van der Waals surface area contributed by atoms with E-state index in [1.165, 1.54) is 17.4 Å². The number of halogens is 2. The van der Waals surface area contributed by atoms with E-state index in [0.717, 1.165) is 10.6 Å². The van der Waals surface area contributed by atoms with Crippen LogP contribution in [0.15, 0.2) is 23.6 Å². The van der Waals surface area contributed by atoms with Crippen LogP contribution in [0.5, 0.6) is 0 Å². The van der Waals surface area contributed by atoms with Crippen LogP contribution in [0.25, 0.3) is 11.3 Å².